The molecule has 0 unspecified atom stereocenters. The Bertz CT molecular complexity index is 2240. The van der Waals surface area contributed by atoms with Crippen molar-refractivity contribution in [2.75, 3.05) is 0 Å². The molecule has 0 aliphatic rings. The largest absolute Gasteiger partial charge is 0.255 e. The summed E-state index contributed by atoms with van der Waals surface area (Å²) in [5.74, 6) is 1.85. The Morgan fingerprint density at radius 1 is 0.250 bits per heavy atom. The van der Waals surface area contributed by atoms with E-state index in [4.69, 9.17) is 19.9 Å². The minimum absolute atomic E-state index is 0.607. The van der Waals surface area contributed by atoms with Crippen LogP contribution in [0.2, 0.25) is 0 Å². The molecule has 8 rings (SSSR count). The molecule has 6 nitrogen and oxygen atoms in total. The van der Waals surface area contributed by atoms with Gasteiger partial charge in [-0.25, -0.2) is 19.9 Å². The zero-order valence-electron chi connectivity index (χ0n) is 25.8. The van der Waals surface area contributed by atoms with Crippen LogP contribution in [0.25, 0.3) is 79.2 Å². The summed E-state index contributed by atoms with van der Waals surface area (Å²) >= 11 is 0. The van der Waals surface area contributed by atoms with Crippen LogP contribution in [0.1, 0.15) is 0 Å². The molecule has 0 fully saturated rings. The molecule has 4 aromatic heterocycles. The third kappa shape index (κ3) is 6.10. The summed E-state index contributed by atoms with van der Waals surface area (Å²) in [6.45, 7) is 0. The van der Waals surface area contributed by atoms with Gasteiger partial charge in [0.25, 0.3) is 0 Å². The summed E-state index contributed by atoms with van der Waals surface area (Å²) in [4.78, 5) is 28.8. The molecule has 0 spiro atoms. The van der Waals surface area contributed by atoms with E-state index in [9.17, 15) is 0 Å². The Hall–Kier alpha value is -6.66. The van der Waals surface area contributed by atoms with Gasteiger partial charge in [-0.1, -0.05) is 121 Å². The van der Waals surface area contributed by atoms with Crippen LogP contribution in [0.3, 0.4) is 0 Å². The molecular weight excluding hydrogens is 589 g/mol. The fraction of sp³-hybridized carbons (Fsp3) is 0. The molecule has 226 valence electrons. The maximum absolute atomic E-state index is 4.96. The fourth-order valence-corrected chi connectivity index (χ4v) is 5.59. The number of rotatable bonds is 7. The van der Waals surface area contributed by atoms with Crippen LogP contribution in [0, 0.1) is 0 Å². The van der Waals surface area contributed by atoms with Crippen molar-refractivity contribution in [2.24, 2.45) is 0 Å². The predicted molar refractivity (Wildman–Crippen MR) is 191 cm³/mol. The van der Waals surface area contributed by atoms with E-state index in [0.717, 1.165) is 56.2 Å². The first-order chi connectivity index (χ1) is 23.8. The lowest BCUT2D eigenvalue weighted by atomic mass is 10.0. The van der Waals surface area contributed by atoms with Crippen molar-refractivity contribution in [1.82, 2.24) is 29.9 Å². The Morgan fingerprint density at radius 3 is 1.04 bits per heavy atom. The van der Waals surface area contributed by atoms with Crippen molar-refractivity contribution in [2.45, 2.75) is 0 Å². The van der Waals surface area contributed by atoms with Gasteiger partial charge in [-0.05, 0) is 58.7 Å². The summed E-state index contributed by atoms with van der Waals surface area (Å²) in [7, 11) is 0. The second-order valence-electron chi connectivity index (χ2n) is 11.2. The standard InChI is InChI=1S/C42H28N6/c1-3-11-29(12-4-1)30-17-21-33(22-18-30)41-46-40(32-13-5-2-6-14-32)47-42(48-41)34-23-19-31(20-24-34)35-27-38(36-15-7-9-25-43-36)45-39(28-35)37-16-8-10-26-44-37/h1-28H. The number of benzene rings is 4. The fourth-order valence-electron chi connectivity index (χ4n) is 5.59. The van der Waals surface area contributed by atoms with Gasteiger partial charge in [0.05, 0.1) is 22.8 Å². The predicted octanol–water partition coefficient (Wildman–Crippen LogP) is 9.73. The highest BCUT2D eigenvalue weighted by atomic mass is 15.0. The highest BCUT2D eigenvalue weighted by Gasteiger charge is 2.14. The van der Waals surface area contributed by atoms with E-state index < -0.39 is 0 Å². The van der Waals surface area contributed by atoms with Crippen LogP contribution in [-0.4, -0.2) is 29.9 Å². The van der Waals surface area contributed by atoms with Crippen LogP contribution in [0.15, 0.2) is 170 Å². The van der Waals surface area contributed by atoms with Crippen LogP contribution >= 0.6 is 0 Å². The van der Waals surface area contributed by atoms with Gasteiger partial charge in [0.1, 0.15) is 0 Å². The van der Waals surface area contributed by atoms with Crippen LogP contribution in [0.5, 0.6) is 0 Å². The molecule has 8 aromatic rings. The third-order valence-corrected chi connectivity index (χ3v) is 8.07. The smallest absolute Gasteiger partial charge is 0.164 e. The van der Waals surface area contributed by atoms with Crippen molar-refractivity contribution in [1.29, 1.82) is 0 Å². The Labute approximate surface area is 278 Å². The number of hydrogen-bond donors (Lipinski definition) is 0. The zero-order chi connectivity index (χ0) is 32.1. The summed E-state index contributed by atoms with van der Waals surface area (Å²) < 4.78 is 0. The van der Waals surface area contributed by atoms with Gasteiger partial charge in [0.2, 0.25) is 0 Å². The maximum atomic E-state index is 4.96. The first kappa shape index (κ1) is 28.8. The summed E-state index contributed by atoms with van der Waals surface area (Å²) in [6, 6.07) is 52.8. The van der Waals surface area contributed by atoms with Crippen molar-refractivity contribution in [3.05, 3.63) is 170 Å². The van der Waals surface area contributed by atoms with Crippen molar-refractivity contribution in [3.63, 3.8) is 0 Å². The lowest BCUT2D eigenvalue weighted by Gasteiger charge is -2.11. The van der Waals surface area contributed by atoms with E-state index >= 15 is 0 Å². The molecule has 0 aliphatic heterocycles. The molecule has 0 saturated heterocycles. The molecule has 6 heteroatoms. The molecule has 0 N–H and O–H groups in total. The minimum atomic E-state index is 0.607. The number of hydrogen-bond acceptors (Lipinski definition) is 6. The van der Waals surface area contributed by atoms with E-state index in [0.29, 0.717) is 17.5 Å². The van der Waals surface area contributed by atoms with Crippen LogP contribution in [-0.2, 0) is 0 Å². The topological polar surface area (TPSA) is 77.3 Å². The summed E-state index contributed by atoms with van der Waals surface area (Å²) in [6.07, 6.45) is 3.56. The van der Waals surface area contributed by atoms with Crippen molar-refractivity contribution < 1.29 is 0 Å². The molecule has 0 bridgehead atoms. The van der Waals surface area contributed by atoms with E-state index in [2.05, 4.69) is 82.8 Å². The van der Waals surface area contributed by atoms with Crippen molar-refractivity contribution >= 4 is 0 Å². The Kier molecular flexibility index (Phi) is 7.79. The van der Waals surface area contributed by atoms with Gasteiger partial charge >= 0.3 is 0 Å². The number of pyridine rings is 3. The minimum Gasteiger partial charge on any atom is -0.255 e. The monoisotopic (exact) mass is 616 g/mol. The van der Waals surface area contributed by atoms with Gasteiger partial charge in [-0.3, -0.25) is 9.97 Å². The molecule has 48 heavy (non-hydrogen) atoms. The lowest BCUT2D eigenvalue weighted by molar-refractivity contribution is 1.07. The molecule has 4 aromatic carbocycles. The third-order valence-electron chi connectivity index (χ3n) is 8.07. The van der Waals surface area contributed by atoms with Gasteiger partial charge in [-0.2, -0.15) is 0 Å². The van der Waals surface area contributed by atoms with Gasteiger partial charge in [0.15, 0.2) is 17.5 Å². The zero-order valence-corrected chi connectivity index (χ0v) is 25.8. The highest BCUT2D eigenvalue weighted by molar-refractivity contribution is 5.77. The van der Waals surface area contributed by atoms with Crippen LogP contribution in [0.4, 0.5) is 0 Å². The first-order valence-electron chi connectivity index (χ1n) is 15.7. The first-order valence-corrected chi connectivity index (χ1v) is 15.7. The van der Waals surface area contributed by atoms with E-state index in [1.165, 1.54) is 5.56 Å². The normalized spacial score (nSPS) is 10.9. The number of aromatic nitrogens is 6. The second-order valence-corrected chi connectivity index (χ2v) is 11.2. The highest BCUT2D eigenvalue weighted by Crippen LogP contribution is 2.31. The Balaban J connectivity index is 1.18. The molecule has 0 aliphatic carbocycles. The van der Waals surface area contributed by atoms with E-state index in [1.807, 2.05) is 84.9 Å². The van der Waals surface area contributed by atoms with Gasteiger partial charge < -0.3 is 0 Å². The van der Waals surface area contributed by atoms with Gasteiger partial charge in [-0.15, -0.1) is 0 Å². The van der Waals surface area contributed by atoms with Gasteiger partial charge in [0, 0.05) is 29.1 Å². The van der Waals surface area contributed by atoms with E-state index in [-0.39, 0.29) is 0 Å². The molecular formula is C42H28N6. The quantitative estimate of drug-likeness (QED) is 0.177. The lowest BCUT2D eigenvalue weighted by Crippen LogP contribution is -2.00. The SMILES string of the molecule is c1ccc(-c2ccc(-c3nc(-c4ccccc4)nc(-c4ccc(-c5cc(-c6ccccn6)nc(-c6ccccn6)c5)cc4)n3)cc2)cc1. The summed E-state index contributed by atoms with van der Waals surface area (Å²) in [5.41, 5.74) is 10.3. The molecule has 0 saturated carbocycles. The average molecular weight is 617 g/mol. The Morgan fingerprint density at radius 2 is 0.604 bits per heavy atom. The van der Waals surface area contributed by atoms with Crippen LogP contribution < -0.4 is 0 Å². The molecule has 0 atom stereocenters. The molecule has 4 heterocycles. The maximum Gasteiger partial charge on any atom is 0.164 e. The summed E-state index contributed by atoms with van der Waals surface area (Å²) in [5, 5.41) is 0. The molecule has 0 radical (unpaired) electrons. The number of nitrogens with zero attached hydrogens (tertiary/aromatic N) is 6. The second kappa shape index (κ2) is 13.0. The van der Waals surface area contributed by atoms with Crippen molar-refractivity contribution in [3.8, 4) is 79.2 Å². The average Bonchev–Trinajstić information content (AvgIpc) is 3.19. The van der Waals surface area contributed by atoms with E-state index in [1.54, 1.807) is 12.4 Å². The molecule has 0 amide bonds.